The highest BCUT2D eigenvalue weighted by Gasteiger charge is 2.15. The molecule has 2 aromatic carbocycles. The summed E-state index contributed by atoms with van der Waals surface area (Å²) in [4.78, 5) is 2.22. The summed E-state index contributed by atoms with van der Waals surface area (Å²) < 4.78 is 13.5. The molecule has 1 unspecified atom stereocenters. The van der Waals surface area contributed by atoms with Crippen molar-refractivity contribution >= 4 is 0 Å². The number of hydrogen-bond donors (Lipinski definition) is 1. The molecule has 2 aromatic rings. The van der Waals surface area contributed by atoms with E-state index < -0.39 is 5.82 Å². The first kappa shape index (κ1) is 17.1. The molecule has 0 aromatic heterocycles. The minimum absolute atomic E-state index is 0.0666. The predicted molar refractivity (Wildman–Crippen MR) is 88.0 cm³/mol. The van der Waals surface area contributed by atoms with E-state index in [4.69, 9.17) is 5.26 Å². The second kappa shape index (κ2) is 8.42. The minimum Gasteiger partial charge on any atom is -0.396 e. The van der Waals surface area contributed by atoms with Crippen LogP contribution in [-0.4, -0.2) is 22.7 Å². The minimum atomic E-state index is -0.491. The van der Waals surface area contributed by atoms with Crippen molar-refractivity contribution in [1.29, 1.82) is 5.26 Å². The van der Waals surface area contributed by atoms with Crippen molar-refractivity contribution in [3.63, 3.8) is 0 Å². The molecule has 4 heteroatoms. The average Bonchev–Trinajstić information content (AvgIpc) is 2.57. The Labute approximate surface area is 136 Å². The van der Waals surface area contributed by atoms with E-state index in [9.17, 15) is 9.50 Å². The van der Waals surface area contributed by atoms with Gasteiger partial charge in [-0.05, 0) is 36.6 Å². The van der Waals surface area contributed by atoms with E-state index in [0.717, 1.165) is 12.1 Å². The molecule has 1 atom stereocenters. The lowest BCUT2D eigenvalue weighted by molar-refractivity contribution is 0.153. The highest BCUT2D eigenvalue weighted by Crippen LogP contribution is 2.17. The van der Waals surface area contributed by atoms with Crippen LogP contribution in [0.5, 0.6) is 0 Å². The van der Waals surface area contributed by atoms with Gasteiger partial charge in [-0.3, -0.25) is 4.90 Å². The van der Waals surface area contributed by atoms with Crippen molar-refractivity contribution in [3.05, 3.63) is 71.0 Å². The maximum atomic E-state index is 13.5. The fraction of sp³-hybridized carbons (Fsp3) is 0.316. The van der Waals surface area contributed by atoms with Crippen LogP contribution in [0.25, 0.3) is 0 Å². The molecule has 0 amide bonds. The molecule has 0 bridgehead atoms. The molecule has 0 heterocycles. The third-order valence-corrected chi connectivity index (χ3v) is 3.94. The molecule has 1 N–H and O–H groups in total. The van der Waals surface area contributed by atoms with Crippen LogP contribution >= 0.6 is 0 Å². The molecular weight excluding hydrogens is 291 g/mol. The zero-order valence-corrected chi connectivity index (χ0v) is 13.2. The number of aliphatic hydroxyl groups is 1. The molecule has 0 radical (unpaired) electrons. The van der Waals surface area contributed by atoms with Crippen molar-refractivity contribution in [3.8, 4) is 6.07 Å². The molecule has 0 fully saturated rings. The Morgan fingerprint density at radius 3 is 2.48 bits per heavy atom. The van der Waals surface area contributed by atoms with Gasteiger partial charge in [0.1, 0.15) is 11.9 Å². The normalized spacial score (nSPS) is 12.1. The molecule has 23 heavy (non-hydrogen) atoms. The van der Waals surface area contributed by atoms with Crippen LogP contribution in [0, 0.1) is 17.1 Å². The van der Waals surface area contributed by atoms with E-state index in [1.807, 2.05) is 24.3 Å². The summed E-state index contributed by atoms with van der Waals surface area (Å²) in [6.07, 6.45) is 0.666. The predicted octanol–water partition coefficient (Wildman–Crippen LogP) is 3.47. The third-order valence-electron chi connectivity index (χ3n) is 3.94. The van der Waals surface area contributed by atoms with Gasteiger partial charge in [-0.15, -0.1) is 0 Å². The monoisotopic (exact) mass is 312 g/mol. The topological polar surface area (TPSA) is 47.3 Å². The summed E-state index contributed by atoms with van der Waals surface area (Å²) in [6.45, 7) is 3.53. The lowest BCUT2D eigenvalue weighted by Gasteiger charge is -2.29. The summed E-state index contributed by atoms with van der Waals surface area (Å²) in [5, 5.41) is 18.2. The first-order valence-corrected chi connectivity index (χ1v) is 7.71. The highest BCUT2D eigenvalue weighted by atomic mass is 19.1. The first-order chi connectivity index (χ1) is 11.1. The van der Waals surface area contributed by atoms with E-state index in [1.54, 1.807) is 12.1 Å². The quantitative estimate of drug-likeness (QED) is 0.851. The number of nitrogens with zero attached hydrogens (tertiary/aromatic N) is 2. The van der Waals surface area contributed by atoms with Crippen molar-refractivity contribution in [2.45, 2.75) is 32.5 Å². The van der Waals surface area contributed by atoms with Crippen LogP contribution in [0.15, 0.2) is 48.5 Å². The van der Waals surface area contributed by atoms with Gasteiger partial charge in [0, 0.05) is 25.7 Å². The zero-order chi connectivity index (χ0) is 16.7. The van der Waals surface area contributed by atoms with Crippen molar-refractivity contribution in [2.24, 2.45) is 0 Å². The first-order valence-electron chi connectivity index (χ1n) is 7.71. The van der Waals surface area contributed by atoms with E-state index >= 15 is 0 Å². The summed E-state index contributed by atoms with van der Waals surface area (Å²) in [7, 11) is 0. The standard InChI is InChI=1S/C19H21FN2O/c1-15(9-10-23)22(13-16-5-3-2-4-6-16)14-17-7-8-19(20)18(11-17)12-21/h2-8,11,15,23H,9-10,13-14H2,1H3. The van der Waals surface area contributed by atoms with Crippen LogP contribution in [0.2, 0.25) is 0 Å². The van der Waals surface area contributed by atoms with Gasteiger partial charge < -0.3 is 5.11 Å². The molecule has 3 nitrogen and oxygen atoms in total. The second-order valence-electron chi connectivity index (χ2n) is 5.68. The zero-order valence-electron chi connectivity index (χ0n) is 13.2. The third kappa shape index (κ3) is 4.88. The Balaban J connectivity index is 2.18. The van der Waals surface area contributed by atoms with E-state index in [-0.39, 0.29) is 18.2 Å². The van der Waals surface area contributed by atoms with E-state index in [2.05, 4.69) is 24.0 Å². The van der Waals surface area contributed by atoms with Crippen LogP contribution in [0.4, 0.5) is 4.39 Å². The molecule has 2 rings (SSSR count). The smallest absolute Gasteiger partial charge is 0.140 e. The molecule has 120 valence electrons. The van der Waals surface area contributed by atoms with Gasteiger partial charge in [0.25, 0.3) is 0 Å². The van der Waals surface area contributed by atoms with Crippen molar-refractivity contribution in [2.75, 3.05) is 6.61 Å². The number of hydrogen-bond acceptors (Lipinski definition) is 3. The SMILES string of the molecule is CC(CCO)N(Cc1ccccc1)Cc1ccc(F)c(C#N)c1. The maximum absolute atomic E-state index is 13.5. The molecule has 0 aliphatic carbocycles. The van der Waals surface area contributed by atoms with Crippen LogP contribution < -0.4 is 0 Å². The highest BCUT2D eigenvalue weighted by molar-refractivity contribution is 5.34. The molecule has 0 spiro atoms. The van der Waals surface area contributed by atoms with Crippen LogP contribution in [0.1, 0.15) is 30.0 Å². The van der Waals surface area contributed by atoms with Crippen molar-refractivity contribution in [1.82, 2.24) is 4.90 Å². The van der Waals surface area contributed by atoms with Crippen molar-refractivity contribution < 1.29 is 9.50 Å². The number of aliphatic hydroxyl groups excluding tert-OH is 1. The molecule has 0 saturated heterocycles. The summed E-state index contributed by atoms with van der Waals surface area (Å²) in [6, 6.07) is 16.8. The van der Waals surface area contributed by atoms with Gasteiger partial charge in [0.05, 0.1) is 5.56 Å². The largest absolute Gasteiger partial charge is 0.396 e. The average molecular weight is 312 g/mol. The van der Waals surface area contributed by atoms with Gasteiger partial charge in [-0.25, -0.2) is 4.39 Å². The molecule has 0 aliphatic rings. The Morgan fingerprint density at radius 2 is 1.83 bits per heavy atom. The molecule has 0 aliphatic heterocycles. The number of halogens is 1. The van der Waals surface area contributed by atoms with Crippen LogP contribution in [-0.2, 0) is 13.1 Å². The Kier molecular flexibility index (Phi) is 6.28. The van der Waals surface area contributed by atoms with Gasteiger partial charge >= 0.3 is 0 Å². The summed E-state index contributed by atoms with van der Waals surface area (Å²) >= 11 is 0. The lowest BCUT2D eigenvalue weighted by atomic mass is 10.1. The van der Waals surface area contributed by atoms with E-state index in [0.29, 0.717) is 13.0 Å². The number of nitriles is 1. The van der Waals surface area contributed by atoms with Gasteiger partial charge in [0.15, 0.2) is 0 Å². The fourth-order valence-electron chi connectivity index (χ4n) is 2.55. The Bertz CT molecular complexity index is 667. The molecule has 0 saturated carbocycles. The fourth-order valence-corrected chi connectivity index (χ4v) is 2.55. The second-order valence-corrected chi connectivity index (χ2v) is 5.68. The number of benzene rings is 2. The summed E-state index contributed by atoms with van der Waals surface area (Å²) in [5.74, 6) is -0.491. The van der Waals surface area contributed by atoms with Gasteiger partial charge in [-0.1, -0.05) is 36.4 Å². The molecular formula is C19H21FN2O. The Hall–Kier alpha value is -2.22. The summed E-state index contributed by atoms with van der Waals surface area (Å²) in [5.41, 5.74) is 2.14. The lowest BCUT2D eigenvalue weighted by Crippen LogP contribution is -2.32. The van der Waals surface area contributed by atoms with Crippen LogP contribution in [0.3, 0.4) is 0 Å². The van der Waals surface area contributed by atoms with Gasteiger partial charge in [-0.2, -0.15) is 5.26 Å². The Morgan fingerprint density at radius 1 is 1.13 bits per heavy atom. The maximum Gasteiger partial charge on any atom is 0.140 e. The van der Waals surface area contributed by atoms with Gasteiger partial charge in [0.2, 0.25) is 0 Å². The van der Waals surface area contributed by atoms with E-state index in [1.165, 1.54) is 11.6 Å². The number of rotatable bonds is 7.